The third-order valence-electron chi connectivity index (χ3n) is 1.94. The molecule has 0 fully saturated rings. The van der Waals surface area contributed by atoms with E-state index in [2.05, 4.69) is 31.9 Å². The number of hydrogen-bond donors (Lipinski definition) is 3. The highest BCUT2D eigenvalue weighted by Gasteiger charge is 2.21. The van der Waals surface area contributed by atoms with Crippen LogP contribution in [0.25, 0.3) is 0 Å². The Morgan fingerprint density at radius 2 is 2.00 bits per heavy atom. The van der Waals surface area contributed by atoms with Crippen molar-refractivity contribution in [3.63, 3.8) is 0 Å². The Morgan fingerprint density at radius 3 is 2.50 bits per heavy atom. The van der Waals surface area contributed by atoms with Gasteiger partial charge in [0.05, 0.1) is 4.90 Å². The number of carboxylic acid groups (broad SMARTS) is 1. The van der Waals surface area contributed by atoms with Crippen LogP contribution in [-0.4, -0.2) is 37.2 Å². The Kier molecular flexibility index (Phi) is 5.29. The molecule has 0 unspecified atom stereocenters. The van der Waals surface area contributed by atoms with Crippen LogP contribution in [0, 0.1) is 0 Å². The summed E-state index contributed by atoms with van der Waals surface area (Å²) >= 11 is 6.27. The first-order valence-electron chi connectivity index (χ1n) is 4.59. The van der Waals surface area contributed by atoms with Gasteiger partial charge in [-0.3, -0.25) is 0 Å². The second-order valence-corrected chi connectivity index (χ2v) is 6.79. The number of nitrogens with one attached hydrogen (secondary N) is 1. The first-order valence-corrected chi connectivity index (χ1v) is 7.66. The minimum absolute atomic E-state index is 0.0386. The molecule has 100 valence electrons. The van der Waals surface area contributed by atoms with Gasteiger partial charge in [0.1, 0.15) is 0 Å². The summed E-state index contributed by atoms with van der Waals surface area (Å²) in [5, 5.41) is 17.4. The average Bonchev–Trinajstić information content (AvgIpc) is 2.25. The van der Waals surface area contributed by atoms with Crippen LogP contribution in [0.4, 0.5) is 0 Å². The van der Waals surface area contributed by atoms with Gasteiger partial charge in [0, 0.05) is 15.5 Å². The van der Waals surface area contributed by atoms with Crippen molar-refractivity contribution in [2.24, 2.45) is 0 Å². The van der Waals surface area contributed by atoms with Gasteiger partial charge in [-0.15, -0.1) is 0 Å². The molecule has 0 bridgehead atoms. The number of aliphatic hydroxyl groups excluding tert-OH is 1. The van der Waals surface area contributed by atoms with Crippen molar-refractivity contribution in [3.8, 4) is 0 Å². The number of halogens is 2. The van der Waals surface area contributed by atoms with Gasteiger partial charge in [-0.1, -0.05) is 15.9 Å². The molecule has 1 atom stereocenters. The van der Waals surface area contributed by atoms with E-state index in [0.29, 0.717) is 8.95 Å². The van der Waals surface area contributed by atoms with Crippen LogP contribution < -0.4 is 4.72 Å². The number of benzene rings is 1. The van der Waals surface area contributed by atoms with Gasteiger partial charge in [-0.2, -0.15) is 0 Å². The van der Waals surface area contributed by atoms with Crippen molar-refractivity contribution < 1.29 is 23.4 Å². The number of rotatable bonds is 5. The maximum atomic E-state index is 11.8. The van der Waals surface area contributed by atoms with Crippen LogP contribution in [-0.2, 0) is 14.8 Å². The number of aliphatic carboxylic acids is 1. The Hall–Kier alpha value is -0.480. The summed E-state index contributed by atoms with van der Waals surface area (Å²) in [5.74, 6) is -1.49. The highest BCUT2D eigenvalue weighted by molar-refractivity contribution is 9.11. The van der Waals surface area contributed by atoms with E-state index < -0.39 is 28.6 Å². The van der Waals surface area contributed by atoms with Crippen molar-refractivity contribution in [2.75, 3.05) is 6.54 Å². The molecule has 0 radical (unpaired) electrons. The van der Waals surface area contributed by atoms with E-state index in [1.54, 1.807) is 6.07 Å². The molecule has 0 aliphatic carbocycles. The predicted octanol–water partition coefficient (Wildman–Crippen LogP) is 0.935. The standard InChI is InChI=1S/C9H9Br2NO5S/c10-5-1-2-8(6(11)3-5)18(16,17)12-4-7(13)9(14)15/h1-3,7,12-13H,4H2,(H,14,15)/t7-/m0/s1. The fourth-order valence-electron chi connectivity index (χ4n) is 1.05. The van der Waals surface area contributed by atoms with Crippen LogP contribution in [0.3, 0.4) is 0 Å². The lowest BCUT2D eigenvalue weighted by Crippen LogP contribution is -2.36. The fraction of sp³-hybridized carbons (Fsp3) is 0.222. The van der Waals surface area contributed by atoms with Gasteiger partial charge >= 0.3 is 5.97 Å². The zero-order valence-electron chi connectivity index (χ0n) is 8.80. The highest BCUT2D eigenvalue weighted by Crippen LogP contribution is 2.25. The minimum atomic E-state index is -3.88. The van der Waals surface area contributed by atoms with Gasteiger partial charge in [0.15, 0.2) is 6.10 Å². The van der Waals surface area contributed by atoms with Crippen LogP contribution in [0.15, 0.2) is 32.0 Å². The summed E-state index contributed by atoms with van der Waals surface area (Å²) < 4.78 is 26.7. The van der Waals surface area contributed by atoms with E-state index in [1.165, 1.54) is 12.1 Å². The monoisotopic (exact) mass is 401 g/mol. The largest absolute Gasteiger partial charge is 0.479 e. The lowest BCUT2D eigenvalue weighted by molar-refractivity contribution is -0.146. The molecule has 0 heterocycles. The van der Waals surface area contributed by atoms with Gasteiger partial charge in [0.2, 0.25) is 10.0 Å². The smallest absolute Gasteiger partial charge is 0.333 e. The molecule has 1 aromatic carbocycles. The van der Waals surface area contributed by atoms with Gasteiger partial charge in [-0.25, -0.2) is 17.9 Å². The van der Waals surface area contributed by atoms with E-state index in [1.807, 2.05) is 4.72 Å². The van der Waals surface area contributed by atoms with E-state index in [-0.39, 0.29) is 4.90 Å². The summed E-state index contributed by atoms with van der Waals surface area (Å²) in [6.07, 6.45) is -1.78. The second-order valence-electron chi connectivity index (χ2n) is 3.28. The molecule has 0 aliphatic rings. The number of carboxylic acids is 1. The number of sulfonamides is 1. The maximum Gasteiger partial charge on any atom is 0.333 e. The van der Waals surface area contributed by atoms with Crippen molar-refractivity contribution in [1.82, 2.24) is 4.72 Å². The molecule has 0 aliphatic heterocycles. The summed E-state index contributed by atoms with van der Waals surface area (Å²) in [4.78, 5) is 10.3. The van der Waals surface area contributed by atoms with E-state index in [4.69, 9.17) is 10.2 Å². The zero-order valence-corrected chi connectivity index (χ0v) is 12.8. The van der Waals surface area contributed by atoms with Crippen LogP contribution in [0.5, 0.6) is 0 Å². The fourth-order valence-corrected chi connectivity index (χ4v) is 3.83. The van der Waals surface area contributed by atoms with E-state index in [9.17, 15) is 13.2 Å². The number of hydrogen-bond acceptors (Lipinski definition) is 4. The molecule has 6 nitrogen and oxygen atoms in total. The minimum Gasteiger partial charge on any atom is -0.479 e. The SMILES string of the molecule is O=C(O)[C@@H](O)CNS(=O)(=O)c1ccc(Br)cc1Br. The first-order chi connectivity index (χ1) is 8.24. The maximum absolute atomic E-state index is 11.8. The summed E-state index contributed by atoms with van der Waals surface area (Å²) in [7, 11) is -3.88. The van der Waals surface area contributed by atoms with Crippen molar-refractivity contribution in [1.29, 1.82) is 0 Å². The van der Waals surface area contributed by atoms with Crippen LogP contribution in [0.2, 0.25) is 0 Å². The summed E-state index contributed by atoms with van der Waals surface area (Å²) in [5.41, 5.74) is 0. The lowest BCUT2D eigenvalue weighted by Gasteiger charge is -2.10. The summed E-state index contributed by atoms with van der Waals surface area (Å²) in [6, 6.07) is 4.43. The van der Waals surface area contributed by atoms with Gasteiger partial charge in [-0.05, 0) is 34.1 Å². The van der Waals surface area contributed by atoms with Crippen molar-refractivity contribution in [3.05, 3.63) is 27.1 Å². The second kappa shape index (κ2) is 6.11. The lowest BCUT2D eigenvalue weighted by atomic mass is 10.4. The first kappa shape index (κ1) is 15.6. The molecule has 18 heavy (non-hydrogen) atoms. The molecule has 0 aromatic heterocycles. The molecule has 0 amide bonds. The third kappa shape index (κ3) is 4.02. The predicted molar refractivity (Wildman–Crippen MR) is 70.7 cm³/mol. The quantitative estimate of drug-likeness (QED) is 0.679. The Bertz CT molecular complexity index is 560. The topological polar surface area (TPSA) is 104 Å². The Balaban J connectivity index is 2.90. The van der Waals surface area contributed by atoms with E-state index >= 15 is 0 Å². The number of carbonyl (C=O) groups is 1. The average molecular weight is 403 g/mol. The molecule has 1 aromatic rings. The Labute approximate surface area is 120 Å². The highest BCUT2D eigenvalue weighted by atomic mass is 79.9. The number of aliphatic hydroxyl groups is 1. The molecular formula is C9H9Br2NO5S. The van der Waals surface area contributed by atoms with Crippen LogP contribution >= 0.6 is 31.9 Å². The summed E-state index contributed by atoms with van der Waals surface area (Å²) in [6.45, 7) is -0.597. The van der Waals surface area contributed by atoms with E-state index in [0.717, 1.165) is 0 Å². The molecule has 0 saturated heterocycles. The zero-order chi connectivity index (χ0) is 13.9. The molecule has 3 N–H and O–H groups in total. The third-order valence-corrected chi connectivity index (χ3v) is 4.83. The molecule has 0 saturated carbocycles. The molecule has 9 heteroatoms. The molecule has 0 spiro atoms. The van der Waals surface area contributed by atoms with Gasteiger partial charge < -0.3 is 10.2 Å². The normalized spacial score (nSPS) is 13.3. The van der Waals surface area contributed by atoms with Crippen molar-refractivity contribution >= 4 is 47.9 Å². The van der Waals surface area contributed by atoms with Gasteiger partial charge in [0.25, 0.3) is 0 Å². The molecule has 1 rings (SSSR count). The van der Waals surface area contributed by atoms with Crippen molar-refractivity contribution in [2.45, 2.75) is 11.0 Å². The van der Waals surface area contributed by atoms with Crippen LogP contribution in [0.1, 0.15) is 0 Å². The molecular weight excluding hydrogens is 394 g/mol. The Morgan fingerprint density at radius 1 is 1.39 bits per heavy atom.